The molecule has 0 fully saturated rings. The van der Waals surface area contributed by atoms with E-state index in [1.165, 1.54) is 33.7 Å². The highest BCUT2D eigenvalue weighted by molar-refractivity contribution is 7.99. The molecule has 2 heterocycles. The highest BCUT2D eigenvalue weighted by Gasteiger charge is 2.34. The van der Waals surface area contributed by atoms with Crippen LogP contribution in [0.15, 0.2) is 52.4 Å². The molecular weight excluding hydrogens is 564 g/mol. The van der Waals surface area contributed by atoms with Gasteiger partial charge in [-0.05, 0) is 61.1 Å². The Labute approximate surface area is 229 Å². The van der Waals surface area contributed by atoms with Gasteiger partial charge in [-0.2, -0.15) is 13.2 Å². The second kappa shape index (κ2) is 10.5. The van der Waals surface area contributed by atoms with E-state index < -0.39 is 16.8 Å². The Morgan fingerprint density at radius 3 is 2.73 bits per heavy atom. The van der Waals surface area contributed by atoms with Gasteiger partial charge < -0.3 is 4.74 Å². The third-order valence-electron chi connectivity index (χ3n) is 6.22. The maximum absolute atomic E-state index is 13.9. The monoisotopic (exact) mass is 584 g/mol. The maximum atomic E-state index is 13.9. The van der Waals surface area contributed by atoms with E-state index in [2.05, 4.69) is 6.92 Å². The van der Waals surface area contributed by atoms with Crippen LogP contribution in [0.25, 0.3) is 15.9 Å². The van der Waals surface area contributed by atoms with Gasteiger partial charge in [0.25, 0.3) is 5.56 Å². The molecule has 5 rings (SSSR count). The van der Waals surface area contributed by atoms with E-state index in [0.717, 1.165) is 41.8 Å². The average molecular weight is 586 g/mol. The third-order valence-corrected chi connectivity index (χ3v) is 8.91. The van der Waals surface area contributed by atoms with Gasteiger partial charge >= 0.3 is 6.18 Å². The van der Waals surface area contributed by atoms with Crippen LogP contribution in [0.2, 0.25) is 10.0 Å². The van der Waals surface area contributed by atoms with Crippen LogP contribution in [0.4, 0.5) is 13.2 Å². The number of thiophene rings is 1. The van der Waals surface area contributed by atoms with Gasteiger partial charge in [-0.1, -0.05) is 54.0 Å². The Bertz CT molecular complexity index is 1540. The van der Waals surface area contributed by atoms with E-state index in [9.17, 15) is 18.0 Å². The lowest BCUT2D eigenvalue weighted by atomic mass is 9.89. The lowest BCUT2D eigenvalue weighted by Crippen LogP contribution is -2.23. The first-order valence-corrected chi connectivity index (χ1v) is 14.1. The molecule has 2 aromatic carbocycles. The summed E-state index contributed by atoms with van der Waals surface area (Å²) in [4.78, 5) is 20.4. The highest BCUT2D eigenvalue weighted by atomic mass is 35.5. The summed E-state index contributed by atoms with van der Waals surface area (Å²) in [7, 11) is 0. The fourth-order valence-corrected chi connectivity index (χ4v) is 7.08. The summed E-state index contributed by atoms with van der Waals surface area (Å²) in [5.74, 6) is 1.42. The molecule has 4 aromatic rings. The molecule has 1 atom stereocenters. The fourth-order valence-electron chi connectivity index (χ4n) is 4.41. The Morgan fingerprint density at radius 2 is 1.97 bits per heavy atom. The molecule has 0 N–H and O–H groups in total. The van der Waals surface area contributed by atoms with Crippen molar-refractivity contribution in [2.45, 2.75) is 37.5 Å². The van der Waals surface area contributed by atoms with Crippen LogP contribution in [-0.2, 0) is 19.0 Å². The lowest BCUT2D eigenvalue weighted by Gasteiger charge is -2.18. The highest BCUT2D eigenvalue weighted by Crippen LogP contribution is 2.39. The minimum Gasteiger partial charge on any atom is -0.491 e. The lowest BCUT2D eigenvalue weighted by molar-refractivity contribution is -0.137. The zero-order valence-electron chi connectivity index (χ0n) is 19.6. The number of benzene rings is 2. The Kier molecular flexibility index (Phi) is 7.51. The topological polar surface area (TPSA) is 44.1 Å². The molecule has 0 aliphatic heterocycles. The summed E-state index contributed by atoms with van der Waals surface area (Å²) in [5.41, 5.74) is -0.345. The minimum absolute atomic E-state index is 0.0646. The zero-order valence-corrected chi connectivity index (χ0v) is 22.7. The molecule has 0 radical (unpaired) electrons. The quantitative estimate of drug-likeness (QED) is 0.130. The number of hydrogen-bond donors (Lipinski definition) is 0. The molecule has 37 heavy (non-hydrogen) atoms. The number of fused-ring (bicyclic) bond motifs is 3. The number of hydrogen-bond acceptors (Lipinski definition) is 5. The molecule has 0 unspecified atom stereocenters. The number of aromatic nitrogens is 2. The summed E-state index contributed by atoms with van der Waals surface area (Å²) in [6.07, 6.45) is -2.10. The first kappa shape index (κ1) is 26.4. The molecular formula is C26H21Cl2F3N2O2S2. The third kappa shape index (κ3) is 5.37. The SMILES string of the molecule is C[C@H]1CCc2c(sc3nc(SCCOc4ccccc4Cl)n(-c4ccc(Cl)c(C(F)(F)F)c4)c(=O)c23)C1. The summed E-state index contributed by atoms with van der Waals surface area (Å²) in [6, 6.07) is 10.5. The van der Waals surface area contributed by atoms with E-state index in [1.54, 1.807) is 24.3 Å². The molecule has 4 nitrogen and oxygen atoms in total. The van der Waals surface area contributed by atoms with E-state index in [1.807, 2.05) is 0 Å². The maximum Gasteiger partial charge on any atom is 0.417 e. The molecule has 1 aliphatic carbocycles. The minimum atomic E-state index is -4.66. The number of ether oxygens (including phenoxy) is 1. The van der Waals surface area contributed by atoms with Gasteiger partial charge in [0.05, 0.1) is 33.3 Å². The normalized spacial score (nSPS) is 15.7. The smallest absolute Gasteiger partial charge is 0.417 e. The van der Waals surface area contributed by atoms with Crippen molar-refractivity contribution in [1.82, 2.24) is 9.55 Å². The molecule has 0 amide bonds. The van der Waals surface area contributed by atoms with Crippen molar-refractivity contribution >= 4 is 56.5 Å². The van der Waals surface area contributed by atoms with Gasteiger partial charge in [0.15, 0.2) is 5.16 Å². The number of rotatable bonds is 6. The van der Waals surface area contributed by atoms with Crippen LogP contribution >= 0.6 is 46.3 Å². The summed E-state index contributed by atoms with van der Waals surface area (Å²) < 4.78 is 47.9. The molecule has 1 aliphatic rings. The van der Waals surface area contributed by atoms with Crippen molar-refractivity contribution in [3.05, 3.63) is 78.9 Å². The van der Waals surface area contributed by atoms with Gasteiger partial charge in [-0.15, -0.1) is 11.3 Å². The van der Waals surface area contributed by atoms with Gasteiger partial charge in [-0.25, -0.2) is 4.98 Å². The van der Waals surface area contributed by atoms with Gasteiger partial charge in [0, 0.05) is 10.6 Å². The average Bonchev–Trinajstić information content (AvgIpc) is 3.20. The van der Waals surface area contributed by atoms with Crippen LogP contribution in [0.1, 0.15) is 29.3 Å². The number of aryl methyl sites for hydroxylation is 1. The van der Waals surface area contributed by atoms with Crippen LogP contribution in [-0.4, -0.2) is 21.9 Å². The second-order valence-corrected chi connectivity index (χ2v) is 11.8. The molecule has 11 heteroatoms. The Hall–Kier alpha value is -2.20. The predicted molar refractivity (Wildman–Crippen MR) is 144 cm³/mol. The van der Waals surface area contributed by atoms with Gasteiger partial charge in [0.1, 0.15) is 10.6 Å². The van der Waals surface area contributed by atoms with Crippen molar-refractivity contribution < 1.29 is 17.9 Å². The van der Waals surface area contributed by atoms with Crippen molar-refractivity contribution in [1.29, 1.82) is 0 Å². The molecule has 0 saturated heterocycles. The van der Waals surface area contributed by atoms with Crippen LogP contribution in [0.5, 0.6) is 5.75 Å². The first-order chi connectivity index (χ1) is 17.6. The standard InChI is InChI=1S/C26H21Cl2F3N2O2S2/c1-14-6-8-16-21(12-14)37-23-22(16)24(34)33(15-7-9-18(27)17(13-15)26(29,30)31)25(32-23)36-11-10-35-20-5-3-2-4-19(20)28/h2-5,7,9,13-14H,6,8,10-12H2,1H3/t14-/m0/s1. The summed E-state index contributed by atoms with van der Waals surface area (Å²) in [5, 5.41) is 0.834. The fraction of sp³-hybridized carbons (Fsp3) is 0.308. The molecule has 0 spiro atoms. The van der Waals surface area contributed by atoms with Crippen LogP contribution < -0.4 is 10.3 Å². The molecule has 0 bridgehead atoms. The van der Waals surface area contributed by atoms with E-state index in [-0.39, 0.29) is 17.9 Å². The van der Waals surface area contributed by atoms with E-state index in [0.29, 0.717) is 37.8 Å². The molecule has 2 aromatic heterocycles. The molecule has 194 valence electrons. The van der Waals surface area contributed by atoms with Crippen molar-refractivity contribution in [2.75, 3.05) is 12.4 Å². The summed E-state index contributed by atoms with van der Waals surface area (Å²) >= 11 is 14.7. The number of thioether (sulfide) groups is 1. The number of halogens is 5. The predicted octanol–water partition coefficient (Wildman–Crippen LogP) is 8.07. The van der Waals surface area contributed by atoms with Crippen molar-refractivity contribution in [3.8, 4) is 11.4 Å². The second-order valence-electron chi connectivity index (χ2n) is 8.86. The van der Waals surface area contributed by atoms with Gasteiger partial charge in [0.2, 0.25) is 0 Å². The number of para-hydroxylation sites is 1. The van der Waals surface area contributed by atoms with Gasteiger partial charge in [-0.3, -0.25) is 9.36 Å². The number of nitrogens with zero attached hydrogens (tertiary/aromatic N) is 2. The van der Waals surface area contributed by atoms with Crippen LogP contribution in [0, 0.1) is 5.92 Å². The van der Waals surface area contributed by atoms with E-state index in [4.69, 9.17) is 32.9 Å². The number of alkyl halides is 3. The van der Waals surface area contributed by atoms with Crippen molar-refractivity contribution in [3.63, 3.8) is 0 Å². The summed E-state index contributed by atoms with van der Waals surface area (Å²) in [6.45, 7) is 2.43. The Morgan fingerprint density at radius 1 is 1.19 bits per heavy atom. The van der Waals surface area contributed by atoms with Crippen LogP contribution in [0.3, 0.4) is 0 Å². The van der Waals surface area contributed by atoms with Crippen molar-refractivity contribution in [2.24, 2.45) is 5.92 Å². The first-order valence-electron chi connectivity index (χ1n) is 11.6. The largest absolute Gasteiger partial charge is 0.491 e. The Balaban J connectivity index is 1.57. The zero-order chi connectivity index (χ0) is 26.3. The van der Waals surface area contributed by atoms with E-state index >= 15 is 0 Å². The molecule has 0 saturated carbocycles.